The molecule has 0 atom stereocenters. The first-order valence-corrected chi connectivity index (χ1v) is 9.60. The van der Waals surface area contributed by atoms with Crippen molar-refractivity contribution in [1.82, 2.24) is 20.0 Å². The average Bonchev–Trinajstić information content (AvgIpc) is 2.89. The molecule has 0 spiro atoms. The summed E-state index contributed by atoms with van der Waals surface area (Å²) in [5, 5.41) is 9.52. The number of rotatable bonds is 6. The van der Waals surface area contributed by atoms with Crippen molar-refractivity contribution in [2.24, 2.45) is 12.1 Å². The molecule has 154 valence electrons. The molecular weight excluding hydrogens is 372 g/mol. The van der Waals surface area contributed by atoms with Gasteiger partial charge in [0, 0.05) is 7.05 Å². The van der Waals surface area contributed by atoms with E-state index in [2.05, 4.69) is 21.2 Å². The van der Waals surface area contributed by atoms with Gasteiger partial charge in [-0.1, -0.05) is 31.5 Å². The molecule has 0 unspecified atom stereocenters. The smallest absolute Gasteiger partial charge is 0.296 e. The molecule has 1 aliphatic heterocycles. The van der Waals surface area contributed by atoms with Gasteiger partial charge in [-0.05, 0) is 38.8 Å². The Morgan fingerprint density at radius 2 is 1.72 bits per heavy atom. The minimum atomic E-state index is -0.800. The third kappa shape index (κ3) is 3.94. The number of anilines is 1. The number of carbonyl (C=O) groups is 2. The number of nitrogens with zero attached hydrogens (tertiary/aromatic N) is 3. The third-order valence-electron chi connectivity index (χ3n) is 5.07. The lowest BCUT2D eigenvalue weighted by atomic mass is 10.0. The van der Waals surface area contributed by atoms with Crippen LogP contribution in [-0.2, 0) is 16.6 Å². The normalized spacial score (nSPS) is 19.0. The summed E-state index contributed by atoms with van der Waals surface area (Å²) in [5.74, 6) is -1.14. The predicted octanol–water partition coefficient (Wildman–Crippen LogP) is 1.40. The fraction of sp³-hybridized carbons (Fsp3) is 0.400. The highest BCUT2D eigenvalue weighted by Crippen LogP contribution is 2.16. The van der Waals surface area contributed by atoms with Gasteiger partial charge in [-0.3, -0.25) is 24.5 Å². The highest BCUT2D eigenvalue weighted by atomic mass is 16.2. The van der Waals surface area contributed by atoms with Gasteiger partial charge in [0.25, 0.3) is 17.4 Å². The van der Waals surface area contributed by atoms with Gasteiger partial charge in [0.05, 0.1) is 11.4 Å². The fourth-order valence-corrected chi connectivity index (χ4v) is 3.32. The number of hydrazone groups is 1. The van der Waals surface area contributed by atoms with E-state index in [0.717, 1.165) is 12.8 Å². The Morgan fingerprint density at radius 3 is 2.31 bits per heavy atom. The van der Waals surface area contributed by atoms with Crippen molar-refractivity contribution >= 4 is 23.2 Å². The van der Waals surface area contributed by atoms with Crippen LogP contribution in [0.3, 0.4) is 0 Å². The maximum Gasteiger partial charge on any atom is 0.296 e. The largest absolute Gasteiger partial charge is 0.328 e. The second kappa shape index (κ2) is 7.94. The quantitative estimate of drug-likeness (QED) is 0.639. The van der Waals surface area contributed by atoms with Gasteiger partial charge in [0.1, 0.15) is 11.4 Å². The zero-order valence-corrected chi connectivity index (χ0v) is 17.1. The Morgan fingerprint density at radius 1 is 1.10 bits per heavy atom. The van der Waals surface area contributed by atoms with Crippen molar-refractivity contribution in [3.63, 3.8) is 0 Å². The molecule has 1 aromatic heterocycles. The summed E-state index contributed by atoms with van der Waals surface area (Å²) >= 11 is 0. The Balaban J connectivity index is 1.87. The van der Waals surface area contributed by atoms with Gasteiger partial charge in [0.15, 0.2) is 0 Å². The second-order valence-electron chi connectivity index (χ2n) is 7.35. The average molecular weight is 398 g/mol. The van der Waals surface area contributed by atoms with Crippen molar-refractivity contribution in [3.8, 4) is 5.69 Å². The van der Waals surface area contributed by atoms with E-state index in [1.165, 1.54) is 4.68 Å². The summed E-state index contributed by atoms with van der Waals surface area (Å²) in [4.78, 5) is 37.8. The predicted molar refractivity (Wildman–Crippen MR) is 111 cm³/mol. The molecule has 1 saturated heterocycles. The lowest BCUT2D eigenvalue weighted by Crippen LogP contribution is -2.67. The SMILES string of the molecule is CCCCC1(C)NC(=O)C(=NNc2c(C)n(C)n(-c3ccccc3)c2=O)C(=O)N1. The lowest BCUT2D eigenvalue weighted by molar-refractivity contribution is -0.125. The maximum absolute atomic E-state index is 12.9. The highest BCUT2D eigenvalue weighted by molar-refractivity contribution is 6.66. The molecule has 1 aromatic carbocycles. The van der Waals surface area contributed by atoms with Gasteiger partial charge >= 0.3 is 0 Å². The van der Waals surface area contributed by atoms with E-state index >= 15 is 0 Å². The summed E-state index contributed by atoms with van der Waals surface area (Å²) in [7, 11) is 1.75. The number of para-hydroxylation sites is 1. The van der Waals surface area contributed by atoms with E-state index < -0.39 is 17.5 Å². The van der Waals surface area contributed by atoms with Crippen LogP contribution >= 0.6 is 0 Å². The number of amides is 2. The van der Waals surface area contributed by atoms with Crippen molar-refractivity contribution in [3.05, 3.63) is 46.4 Å². The van der Waals surface area contributed by atoms with Crippen molar-refractivity contribution < 1.29 is 9.59 Å². The van der Waals surface area contributed by atoms with E-state index in [1.807, 2.05) is 37.3 Å². The molecule has 0 saturated carbocycles. The number of hydrogen-bond acceptors (Lipinski definition) is 5. The van der Waals surface area contributed by atoms with Crippen LogP contribution in [0.2, 0.25) is 0 Å². The molecule has 2 amide bonds. The summed E-state index contributed by atoms with van der Waals surface area (Å²) in [6, 6.07) is 9.17. The monoisotopic (exact) mass is 398 g/mol. The zero-order chi connectivity index (χ0) is 21.2. The molecule has 29 heavy (non-hydrogen) atoms. The van der Waals surface area contributed by atoms with E-state index in [-0.39, 0.29) is 17.0 Å². The van der Waals surface area contributed by atoms with Crippen LogP contribution in [0.15, 0.2) is 40.2 Å². The molecule has 3 rings (SSSR count). The van der Waals surface area contributed by atoms with Gasteiger partial charge < -0.3 is 10.6 Å². The molecule has 0 aliphatic carbocycles. The molecule has 9 nitrogen and oxygen atoms in total. The highest BCUT2D eigenvalue weighted by Gasteiger charge is 2.38. The number of unbranched alkanes of at least 4 members (excludes halogenated alkanes) is 1. The van der Waals surface area contributed by atoms with Crippen LogP contribution in [0, 0.1) is 6.92 Å². The van der Waals surface area contributed by atoms with E-state index in [1.54, 1.807) is 25.6 Å². The minimum Gasteiger partial charge on any atom is -0.328 e. The standard InChI is InChI=1S/C20H26N6O3/c1-5-6-12-20(3)21-17(27)16(18(28)22-20)24-23-15-13(2)25(4)26(19(15)29)14-10-8-7-9-11-14/h7-11,23H,5-6,12H2,1-4H3,(H,21,27)(H,22,28). The molecule has 1 aliphatic rings. The fourth-order valence-electron chi connectivity index (χ4n) is 3.32. The molecule has 0 bridgehead atoms. The van der Waals surface area contributed by atoms with Crippen LogP contribution in [0.25, 0.3) is 5.69 Å². The molecular formula is C20H26N6O3. The Kier molecular flexibility index (Phi) is 5.58. The molecule has 9 heteroatoms. The Labute approximate surface area is 168 Å². The van der Waals surface area contributed by atoms with E-state index in [4.69, 9.17) is 0 Å². The topological polar surface area (TPSA) is 110 Å². The van der Waals surface area contributed by atoms with Crippen molar-refractivity contribution in [1.29, 1.82) is 0 Å². The van der Waals surface area contributed by atoms with E-state index in [9.17, 15) is 14.4 Å². The Hall–Kier alpha value is -3.36. The minimum absolute atomic E-state index is 0.198. The first-order valence-electron chi connectivity index (χ1n) is 9.60. The summed E-state index contributed by atoms with van der Waals surface area (Å²) in [5.41, 5.74) is 2.70. The van der Waals surface area contributed by atoms with Crippen LogP contribution in [0.4, 0.5) is 5.69 Å². The number of aromatic nitrogens is 2. The van der Waals surface area contributed by atoms with Crippen LogP contribution < -0.4 is 21.6 Å². The van der Waals surface area contributed by atoms with Gasteiger partial charge in [0.2, 0.25) is 5.71 Å². The van der Waals surface area contributed by atoms with Gasteiger partial charge in [-0.25, -0.2) is 4.68 Å². The molecule has 0 radical (unpaired) electrons. The number of hydrogen-bond donors (Lipinski definition) is 3. The summed E-state index contributed by atoms with van der Waals surface area (Å²) < 4.78 is 3.17. The molecule has 2 aromatic rings. The Bertz CT molecular complexity index is 999. The zero-order valence-electron chi connectivity index (χ0n) is 17.1. The first kappa shape index (κ1) is 20.4. The summed E-state index contributed by atoms with van der Waals surface area (Å²) in [6.07, 6.45) is 2.44. The molecule has 1 fully saturated rings. The van der Waals surface area contributed by atoms with Crippen molar-refractivity contribution in [2.75, 3.05) is 5.43 Å². The van der Waals surface area contributed by atoms with Gasteiger partial charge in [-0.2, -0.15) is 5.10 Å². The van der Waals surface area contributed by atoms with Gasteiger partial charge in [-0.15, -0.1) is 0 Å². The van der Waals surface area contributed by atoms with Crippen LogP contribution in [-0.4, -0.2) is 32.6 Å². The molecule has 3 N–H and O–H groups in total. The lowest BCUT2D eigenvalue weighted by Gasteiger charge is -2.35. The van der Waals surface area contributed by atoms with Crippen LogP contribution in [0.5, 0.6) is 0 Å². The number of benzene rings is 1. The van der Waals surface area contributed by atoms with Crippen molar-refractivity contribution in [2.45, 2.75) is 45.7 Å². The van der Waals surface area contributed by atoms with Crippen LogP contribution in [0.1, 0.15) is 38.8 Å². The summed E-state index contributed by atoms with van der Waals surface area (Å²) in [6.45, 7) is 5.56. The van der Waals surface area contributed by atoms with E-state index in [0.29, 0.717) is 17.8 Å². The number of nitrogens with one attached hydrogen (secondary N) is 3. The second-order valence-corrected chi connectivity index (χ2v) is 7.35. The third-order valence-corrected chi connectivity index (χ3v) is 5.07. The first-order chi connectivity index (χ1) is 13.8. The maximum atomic E-state index is 12.9. The number of carbonyl (C=O) groups excluding carboxylic acids is 2. The molecule has 2 heterocycles.